The van der Waals surface area contributed by atoms with Crippen LogP contribution in [0.3, 0.4) is 0 Å². The van der Waals surface area contributed by atoms with Gasteiger partial charge in [0.25, 0.3) is 0 Å². The number of carbonyl (C=O) groups excluding carboxylic acids is 1. The van der Waals surface area contributed by atoms with Gasteiger partial charge in [0.15, 0.2) is 0 Å². The van der Waals surface area contributed by atoms with E-state index in [-0.39, 0.29) is 11.8 Å². The Morgan fingerprint density at radius 1 is 1.26 bits per heavy atom. The number of benzene rings is 1. The van der Waals surface area contributed by atoms with Crippen molar-refractivity contribution in [1.29, 1.82) is 0 Å². The van der Waals surface area contributed by atoms with E-state index in [4.69, 9.17) is 0 Å². The van der Waals surface area contributed by atoms with Gasteiger partial charge < -0.3 is 10.2 Å². The maximum atomic E-state index is 12.3. The zero-order valence-electron chi connectivity index (χ0n) is 12.4. The van der Waals surface area contributed by atoms with E-state index < -0.39 is 0 Å². The van der Waals surface area contributed by atoms with Crippen LogP contribution in [0.2, 0.25) is 0 Å². The summed E-state index contributed by atoms with van der Waals surface area (Å²) in [5.41, 5.74) is 5.14. The fourth-order valence-corrected chi connectivity index (χ4v) is 2.70. The molecule has 1 aliphatic heterocycles. The lowest BCUT2D eigenvalue weighted by molar-refractivity contribution is -0.134. The van der Waals surface area contributed by atoms with Gasteiger partial charge in [-0.3, -0.25) is 4.79 Å². The van der Waals surface area contributed by atoms with Crippen molar-refractivity contribution in [2.24, 2.45) is 5.92 Å². The van der Waals surface area contributed by atoms with Crippen LogP contribution >= 0.6 is 0 Å². The highest BCUT2D eigenvalue weighted by molar-refractivity contribution is 5.79. The molecule has 1 N–H and O–H groups in total. The summed E-state index contributed by atoms with van der Waals surface area (Å²) in [6.45, 7) is 8.88. The molecule has 1 aromatic rings. The quantitative estimate of drug-likeness (QED) is 0.903. The van der Waals surface area contributed by atoms with E-state index in [1.807, 2.05) is 11.9 Å². The highest BCUT2D eigenvalue weighted by Crippen LogP contribution is 2.18. The van der Waals surface area contributed by atoms with E-state index in [1.165, 1.54) is 22.3 Å². The van der Waals surface area contributed by atoms with E-state index >= 15 is 0 Å². The molecule has 0 saturated carbocycles. The average molecular weight is 260 g/mol. The first-order valence-corrected chi connectivity index (χ1v) is 7.01. The molecule has 3 nitrogen and oxygen atoms in total. The van der Waals surface area contributed by atoms with Crippen molar-refractivity contribution >= 4 is 5.91 Å². The van der Waals surface area contributed by atoms with Gasteiger partial charge in [-0.05, 0) is 56.0 Å². The minimum absolute atomic E-state index is 0.164. The molecule has 0 bridgehead atoms. The molecule has 19 heavy (non-hydrogen) atoms. The molecule has 1 atom stereocenters. The SMILES string of the molecule is Cc1cc(C)c(CN(C)C(=O)C2CCNC2)cc1C. The third kappa shape index (κ3) is 3.16. The largest absolute Gasteiger partial charge is 0.341 e. The highest BCUT2D eigenvalue weighted by atomic mass is 16.2. The molecule has 1 heterocycles. The lowest BCUT2D eigenvalue weighted by Crippen LogP contribution is -2.33. The smallest absolute Gasteiger partial charge is 0.227 e. The van der Waals surface area contributed by atoms with Crippen molar-refractivity contribution in [3.05, 3.63) is 34.4 Å². The van der Waals surface area contributed by atoms with E-state index in [1.54, 1.807) is 0 Å². The van der Waals surface area contributed by atoms with Crippen molar-refractivity contribution in [3.8, 4) is 0 Å². The Labute approximate surface area is 116 Å². The minimum atomic E-state index is 0.164. The fraction of sp³-hybridized carbons (Fsp3) is 0.562. The molecular formula is C16H24N2O. The third-order valence-corrected chi connectivity index (χ3v) is 4.15. The molecule has 1 unspecified atom stereocenters. The molecule has 0 radical (unpaired) electrons. The van der Waals surface area contributed by atoms with Crippen LogP contribution in [0.5, 0.6) is 0 Å². The standard InChI is InChI=1S/C16H24N2O/c1-11-7-13(3)15(8-12(11)2)10-18(4)16(19)14-5-6-17-9-14/h7-8,14,17H,5-6,9-10H2,1-4H3. The fourth-order valence-electron chi connectivity index (χ4n) is 2.70. The Bertz CT molecular complexity index is 476. The average Bonchev–Trinajstić information content (AvgIpc) is 2.88. The van der Waals surface area contributed by atoms with Crippen LogP contribution in [0.15, 0.2) is 12.1 Å². The minimum Gasteiger partial charge on any atom is -0.341 e. The van der Waals surface area contributed by atoms with Crippen molar-refractivity contribution in [2.45, 2.75) is 33.7 Å². The van der Waals surface area contributed by atoms with Crippen LogP contribution in [-0.4, -0.2) is 30.9 Å². The summed E-state index contributed by atoms with van der Waals surface area (Å²) in [4.78, 5) is 14.2. The molecule has 1 aromatic carbocycles. The molecular weight excluding hydrogens is 236 g/mol. The van der Waals surface area contributed by atoms with E-state index in [9.17, 15) is 4.79 Å². The first-order valence-electron chi connectivity index (χ1n) is 7.01. The Morgan fingerprint density at radius 2 is 1.95 bits per heavy atom. The van der Waals surface area contributed by atoms with E-state index in [2.05, 4.69) is 38.2 Å². The summed E-state index contributed by atoms with van der Waals surface area (Å²) in [5, 5.41) is 3.25. The summed E-state index contributed by atoms with van der Waals surface area (Å²) in [7, 11) is 1.91. The number of aryl methyl sites for hydroxylation is 3. The van der Waals surface area contributed by atoms with Gasteiger partial charge in [0.2, 0.25) is 5.91 Å². The maximum Gasteiger partial charge on any atom is 0.227 e. The predicted molar refractivity (Wildman–Crippen MR) is 78.1 cm³/mol. The second-order valence-electron chi connectivity index (χ2n) is 5.75. The number of nitrogens with one attached hydrogen (secondary N) is 1. The van der Waals surface area contributed by atoms with E-state index in [0.29, 0.717) is 6.54 Å². The van der Waals surface area contributed by atoms with Crippen LogP contribution < -0.4 is 5.32 Å². The van der Waals surface area contributed by atoms with Crippen molar-refractivity contribution in [2.75, 3.05) is 20.1 Å². The molecule has 3 heteroatoms. The molecule has 1 aliphatic rings. The van der Waals surface area contributed by atoms with Crippen molar-refractivity contribution < 1.29 is 4.79 Å². The summed E-state index contributed by atoms with van der Waals surface area (Å²) in [6.07, 6.45) is 0.967. The predicted octanol–water partition coefficient (Wildman–Crippen LogP) is 2.18. The van der Waals surface area contributed by atoms with Gasteiger partial charge in [-0.2, -0.15) is 0 Å². The summed E-state index contributed by atoms with van der Waals surface area (Å²) in [5.74, 6) is 0.430. The summed E-state index contributed by atoms with van der Waals surface area (Å²) in [6, 6.07) is 4.42. The molecule has 2 rings (SSSR count). The Hall–Kier alpha value is -1.35. The lowest BCUT2D eigenvalue weighted by atomic mass is 10.00. The Kier molecular flexibility index (Phi) is 4.25. The molecule has 1 amide bonds. The van der Waals surface area contributed by atoms with Gasteiger partial charge in [-0.1, -0.05) is 12.1 Å². The third-order valence-electron chi connectivity index (χ3n) is 4.15. The topological polar surface area (TPSA) is 32.3 Å². The Morgan fingerprint density at radius 3 is 2.58 bits per heavy atom. The van der Waals surface area contributed by atoms with Gasteiger partial charge in [0, 0.05) is 20.1 Å². The normalized spacial score (nSPS) is 18.6. The molecule has 1 fully saturated rings. The molecule has 1 saturated heterocycles. The highest BCUT2D eigenvalue weighted by Gasteiger charge is 2.25. The molecule has 0 aliphatic carbocycles. The monoisotopic (exact) mass is 260 g/mol. The first kappa shape index (κ1) is 14.1. The number of carbonyl (C=O) groups is 1. The van der Waals surface area contributed by atoms with Gasteiger partial charge in [0.05, 0.1) is 5.92 Å². The number of rotatable bonds is 3. The van der Waals surface area contributed by atoms with Crippen LogP contribution in [-0.2, 0) is 11.3 Å². The first-order chi connectivity index (χ1) is 8.99. The number of hydrogen-bond donors (Lipinski definition) is 1. The van der Waals surface area contributed by atoms with Crippen LogP contribution in [0.4, 0.5) is 0 Å². The van der Waals surface area contributed by atoms with Gasteiger partial charge >= 0.3 is 0 Å². The number of hydrogen-bond acceptors (Lipinski definition) is 2. The van der Waals surface area contributed by atoms with Gasteiger partial charge in [-0.15, -0.1) is 0 Å². The molecule has 0 aromatic heterocycles. The zero-order chi connectivity index (χ0) is 14.0. The van der Waals surface area contributed by atoms with E-state index in [0.717, 1.165) is 19.5 Å². The number of amides is 1. The van der Waals surface area contributed by atoms with Gasteiger partial charge in [-0.25, -0.2) is 0 Å². The van der Waals surface area contributed by atoms with Gasteiger partial charge in [0.1, 0.15) is 0 Å². The molecule has 0 spiro atoms. The number of nitrogens with zero attached hydrogens (tertiary/aromatic N) is 1. The maximum absolute atomic E-state index is 12.3. The second-order valence-corrected chi connectivity index (χ2v) is 5.75. The van der Waals surface area contributed by atoms with Crippen molar-refractivity contribution in [1.82, 2.24) is 10.2 Å². The Balaban J connectivity index is 2.08. The van der Waals surface area contributed by atoms with Crippen molar-refractivity contribution in [3.63, 3.8) is 0 Å². The van der Waals surface area contributed by atoms with Crippen LogP contribution in [0.25, 0.3) is 0 Å². The summed E-state index contributed by atoms with van der Waals surface area (Å²) >= 11 is 0. The lowest BCUT2D eigenvalue weighted by Gasteiger charge is -2.22. The van der Waals surface area contributed by atoms with Crippen LogP contribution in [0.1, 0.15) is 28.7 Å². The zero-order valence-corrected chi connectivity index (χ0v) is 12.4. The molecule has 104 valence electrons. The summed E-state index contributed by atoms with van der Waals surface area (Å²) < 4.78 is 0. The second kappa shape index (κ2) is 5.74. The van der Waals surface area contributed by atoms with Crippen LogP contribution in [0, 0.1) is 26.7 Å².